The van der Waals surface area contributed by atoms with Crippen molar-refractivity contribution >= 4 is 23.5 Å². The normalized spacial score (nSPS) is 23.8. The molecular weight excluding hydrogens is 580 g/mol. The lowest BCUT2D eigenvalue weighted by Crippen LogP contribution is -2.61. The maximum Gasteiger partial charge on any atom is 0.243 e. The summed E-state index contributed by atoms with van der Waals surface area (Å²) in [6.07, 6.45) is 6.75. The molecule has 0 spiro atoms. The Bertz CT molecular complexity index is 1240. The highest BCUT2D eigenvalue weighted by molar-refractivity contribution is 5.98. The highest BCUT2D eigenvalue weighted by Gasteiger charge is 2.50. The van der Waals surface area contributed by atoms with Crippen LogP contribution in [-0.4, -0.2) is 112 Å². The van der Waals surface area contributed by atoms with Gasteiger partial charge in [-0.3, -0.25) is 24.1 Å². The van der Waals surface area contributed by atoms with E-state index in [9.17, 15) is 19.2 Å². The van der Waals surface area contributed by atoms with Gasteiger partial charge in [0.1, 0.15) is 23.4 Å². The summed E-state index contributed by atoms with van der Waals surface area (Å²) in [7, 11) is 1.58. The summed E-state index contributed by atoms with van der Waals surface area (Å²) in [5.41, 5.74) is 1.03. The molecule has 0 saturated carbocycles. The fraction of sp³-hybridized carbons (Fsp3) is 0.636. The lowest BCUT2D eigenvalue weighted by molar-refractivity contribution is -0.139. The number of nitrogens with zero attached hydrogens (tertiary/aromatic N) is 1. The summed E-state index contributed by atoms with van der Waals surface area (Å²) >= 11 is 0. The molecule has 3 N–H and O–H groups in total. The molecule has 0 aromatic heterocycles. The van der Waals surface area contributed by atoms with Crippen LogP contribution in [-0.2, 0) is 39.8 Å². The summed E-state index contributed by atoms with van der Waals surface area (Å²) in [6, 6.07) is 4.59. The van der Waals surface area contributed by atoms with E-state index in [0.717, 1.165) is 36.8 Å². The second-order valence-corrected chi connectivity index (χ2v) is 12.6. The van der Waals surface area contributed by atoms with Crippen molar-refractivity contribution in [2.75, 3.05) is 59.8 Å². The first-order valence-electron chi connectivity index (χ1n) is 16.0. The van der Waals surface area contributed by atoms with Gasteiger partial charge in [-0.05, 0) is 56.7 Å². The van der Waals surface area contributed by atoms with E-state index in [1.807, 2.05) is 17.0 Å². The molecule has 3 saturated heterocycles. The van der Waals surface area contributed by atoms with Crippen LogP contribution in [0.2, 0.25) is 0 Å². The van der Waals surface area contributed by atoms with Crippen molar-refractivity contribution in [1.29, 1.82) is 0 Å². The molecule has 1 aliphatic carbocycles. The number of hydrogen-bond acceptors (Lipinski definition) is 9. The molecule has 3 aliphatic heterocycles. The Hall–Kier alpha value is -3.32. The quantitative estimate of drug-likeness (QED) is 0.191. The Morgan fingerprint density at radius 2 is 1.67 bits per heavy atom. The number of ether oxygens (including phenoxy) is 4. The molecule has 1 aromatic rings. The van der Waals surface area contributed by atoms with Gasteiger partial charge in [-0.1, -0.05) is 23.8 Å². The number of carbonyl (C=O) groups is 4. The van der Waals surface area contributed by atoms with Gasteiger partial charge in [0.05, 0.1) is 52.7 Å². The van der Waals surface area contributed by atoms with Crippen LogP contribution in [0.5, 0.6) is 5.75 Å². The van der Waals surface area contributed by atoms with Crippen LogP contribution in [0.1, 0.15) is 44.6 Å². The van der Waals surface area contributed by atoms with Crippen molar-refractivity contribution in [3.8, 4) is 5.75 Å². The van der Waals surface area contributed by atoms with E-state index < -0.39 is 35.5 Å². The summed E-state index contributed by atoms with van der Waals surface area (Å²) in [5.74, 6) is -0.936. The van der Waals surface area contributed by atoms with Gasteiger partial charge < -0.3 is 34.9 Å². The van der Waals surface area contributed by atoms with E-state index in [1.54, 1.807) is 26.2 Å². The molecule has 12 heteroatoms. The van der Waals surface area contributed by atoms with Gasteiger partial charge in [0.2, 0.25) is 17.7 Å². The maximum absolute atomic E-state index is 14.0. The molecule has 3 heterocycles. The Morgan fingerprint density at radius 1 is 0.956 bits per heavy atom. The Kier molecular flexibility index (Phi) is 11.2. The number of rotatable bonds is 15. The molecule has 1 aromatic carbocycles. The van der Waals surface area contributed by atoms with Crippen LogP contribution in [0.4, 0.5) is 0 Å². The molecule has 1 unspecified atom stereocenters. The van der Waals surface area contributed by atoms with Crippen molar-refractivity contribution in [3.63, 3.8) is 0 Å². The number of Topliss-reactive ketones (excluding diaryl/α,β-unsaturated/α-hetero) is 1. The fourth-order valence-electron chi connectivity index (χ4n) is 5.95. The standard InChI is InChI=1S/C33H46N4O8/c1-33(21-45-33)30(39)26(16-22-6-4-3-5-7-22)34-31(40)27(17-23-8-10-25(42-2)11-9-23)35-32(41)29(24-19-44-20-24)36-28(38)18-37-12-14-43-15-13-37/h6,8-11,24,26-27,29H,3-5,7,12-21H2,1-2H3,(H,34,40)(H,35,41)(H,36,38)/t26?,27-,29-,33+/m0/s1. The number of amides is 3. The van der Waals surface area contributed by atoms with Crippen molar-refractivity contribution in [3.05, 3.63) is 41.5 Å². The number of hydrogen-bond donors (Lipinski definition) is 3. The predicted octanol–water partition coefficient (Wildman–Crippen LogP) is 0.919. The Balaban J connectivity index is 1.32. The highest BCUT2D eigenvalue weighted by Crippen LogP contribution is 2.31. The van der Waals surface area contributed by atoms with Gasteiger partial charge in [0.15, 0.2) is 5.78 Å². The van der Waals surface area contributed by atoms with Crippen molar-refractivity contribution < 1.29 is 38.1 Å². The van der Waals surface area contributed by atoms with Crippen LogP contribution >= 0.6 is 0 Å². The van der Waals surface area contributed by atoms with E-state index in [0.29, 0.717) is 58.3 Å². The number of morpholine rings is 1. The van der Waals surface area contributed by atoms with Crippen molar-refractivity contribution in [1.82, 2.24) is 20.9 Å². The second kappa shape index (κ2) is 15.3. The lowest BCUT2D eigenvalue weighted by atomic mass is 9.89. The first-order valence-corrected chi connectivity index (χ1v) is 16.0. The van der Waals surface area contributed by atoms with Crippen LogP contribution in [0.25, 0.3) is 0 Å². The van der Waals surface area contributed by atoms with E-state index in [-0.39, 0.29) is 30.6 Å². The average Bonchev–Trinajstić information content (AvgIpc) is 3.78. The minimum absolute atomic E-state index is 0.150. The molecule has 3 fully saturated rings. The highest BCUT2D eigenvalue weighted by atomic mass is 16.6. The molecule has 4 atom stereocenters. The monoisotopic (exact) mass is 626 g/mol. The van der Waals surface area contributed by atoms with E-state index in [4.69, 9.17) is 18.9 Å². The second-order valence-electron chi connectivity index (χ2n) is 12.6. The van der Waals surface area contributed by atoms with Gasteiger partial charge >= 0.3 is 0 Å². The zero-order valence-corrected chi connectivity index (χ0v) is 26.3. The van der Waals surface area contributed by atoms with Crippen LogP contribution in [0, 0.1) is 5.92 Å². The van der Waals surface area contributed by atoms with Crippen molar-refractivity contribution in [2.45, 2.75) is 69.2 Å². The molecule has 4 aliphatic rings. The fourth-order valence-corrected chi connectivity index (χ4v) is 5.95. The van der Waals surface area contributed by atoms with Gasteiger partial charge in [0, 0.05) is 25.4 Å². The number of benzene rings is 1. The average molecular weight is 627 g/mol. The molecule has 12 nitrogen and oxygen atoms in total. The third-order valence-electron chi connectivity index (χ3n) is 9.02. The topological polar surface area (TPSA) is 148 Å². The zero-order valence-electron chi connectivity index (χ0n) is 26.3. The summed E-state index contributed by atoms with van der Waals surface area (Å²) in [5, 5.41) is 8.77. The largest absolute Gasteiger partial charge is 0.497 e. The minimum atomic E-state index is -1.01. The van der Waals surface area contributed by atoms with E-state index in [2.05, 4.69) is 22.0 Å². The molecule has 0 radical (unpaired) electrons. The zero-order chi connectivity index (χ0) is 31.8. The first-order chi connectivity index (χ1) is 21.7. The third-order valence-corrected chi connectivity index (χ3v) is 9.02. The molecule has 45 heavy (non-hydrogen) atoms. The van der Waals surface area contributed by atoms with E-state index in [1.165, 1.54) is 0 Å². The maximum atomic E-state index is 14.0. The van der Waals surface area contributed by atoms with Crippen LogP contribution in [0.3, 0.4) is 0 Å². The van der Waals surface area contributed by atoms with Gasteiger partial charge in [-0.25, -0.2) is 0 Å². The summed E-state index contributed by atoms with van der Waals surface area (Å²) < 4.78 is 21.5. The minimum Gasteiger partial charge on any atom is -0.497 e. The van der Waals surface area contributed by atoms with Gasteiger partial charge in [0.25, 0.3) is 0 Å². The number of carbonyl (C=O) groups excluding carboxylic acids is 4. The number of ketones is 1. The number of epoxide rings is 1. The molecule has 3 amide bonds. The number of nitrogens with one attached hydrogen (secondary N) is 3. The molecule has 0 bridgehead atoms. The Labute approximate surface area is 264 Å². The van der Waals surface area contributed by atoms with Crippen LogP contribution < -0.4 is 20.7 Å². The summed E-state index contributed by atoms with van der Waals surface area (Å²) in [4.78, 5) is 56.3. The van der Waals surface area contributed by atoms with Crippen molar-refractivity contribution in [2.24, 2.45) is 5.92 Å². The predicted molar refractivity (Wildman–Crippen MR) is 165 cm³/mol. The molecular formula is C33H46N4O8. The van der Waals surface area contributed by atoms with E-state index >= 15 is 0 Å². The molecule has 246 valence electrons. The number of allylic oxidation sites excluding steroid dienone is 1. The third kappa shape index (κ3) is 9.12. The van der Waals surface area contributed by atoms with Crippen LogP contribution in [0.15, 0.2) is 35.9 Å². The lowest BCUT2D eigenvalue weighted by Gasteiger charge is -2.35. The first kappa shape index (κ1) is 33.1. The summed E-state index contributed by atoms with van der Waals surface area (Å²) in [6.45, 7) is 5.26. The van der Waals surface area contributed by atoms with Gasteiger partial charge in [-0.2, -0.15) is 0 Å². The number of methoxy groups -OCH3 is 1. The van der Waals surface area contributed by atoms with Gasteiger partial charge in [-0.15, -0.1) is 0 Å². The Morgan fingerprint density at radius 3 is 2.27 bits per heavy atom. The SMILES string of the molecule is COc1ccc(C[C@H](NC(=O)[C@@H](NC(=O)CN2CCOCC2)C2COC2)C(=O)NC(CC2=CCCCC2)C(=O)[C@@]2(C)CO2)cc1. The molecule has 5 rings (SSSR count). The smallest absolute Gasteiger partial charge is 0.243 e.